The summed E-state index contributed by atoms with van der Waals surface area (Å²) in [6, 6.07) is 4.30. The van der Waals surface area contributed by atoms with Crippen LogP contribution in [0.1, 0.15) is 27.0 Å². The highest BCUT2D eigenvalue weighted by molar-refractivity contribution is 7.09. The number of aryl methyl sites for hydroxylation is 1. The van der Waals surface area contributed by atoms with Crippen molar-refractivity contribution in [2.75, 3.05) is 6.61 Å². The number of nitriles is 1. The van der Waals surface area contributed by atoms with Crippen LogP contribution >= 0.6 is 11.3 Å². The van der Waals surface area contributed by atoms with Crippen LogP contribution in [0, 0.1) is 29.9 Å². The molecule has 0 bridgehead atoms. The fourth-order valence-electron chi connectivity index (χ4n) is 1.70. The van der Waals surface area contributed by atoms with Gasteiger partial charge in [-0.2, -0.15) is 5.26 Å². The minimum atomic E-state index is -1.20. The lowest BCUT2D eigenvalue weighted by atomic mass is 10.1. The molecule has 0 aliphatic heterocycles. The van der Waals surface area contributed by atoms with Gasteiger partial charge in [0.25, 0.3) is 0 Å². The SMILES string of the molecule is Cc1csc([C@@H](C#N)C(=O)COC(=O)c2ccc(F)c(F)c2)n1. The van der Waals surface area contributed by atoms with Crippen molar-refractivity contribution >= 4 is 23.1 Å². The normalized spacial score (nSPS) is 11.6. The molecule has 1 aromatic heterocycles. The number of Topliss-reactive ketones (excluding diaryl/α,β-unsaturated/α-hetero) is 1. The maximum Gasteiger partial charge on any atom is 0.338 e. The highest BCUT2D eigenvalue weighted by Gasteiger charge is 2.24. The van der Waals surface area contributed by atoms with Crippen molar-refractivity contribution in [1.29, 1.82) is 5.26 Å². The van der Waals surface area contributed by atoms with Gasteiger partial charge in [-0.25, -0.2) is 18.6 Å². The zero-order valence-corrected chi connectivity index (χ0v) is 12.7. The smallest absolute Gasteiger partial charge is 0.338 e. The van der Waals surface area contributed by atoms with Crippen LogP contribution in [-0.4, -0.2) is 23.3 Å². The third-order valence-electron chi connectivity index (χ3n) is 2.84. The molecular weight excluding hydrogens is 326 g/mol. The van der Waals surface area contributed by atoms with Crippen molar-refractivity contribution in [3.63, 3.8) is 0 Å². The van der Waals surface area contributed by atoms with Gasteiger partial charge in [0.15, 0.2) is 29.9 Å². The first-order valence-electron chi connectivity index (χ1n) is 6.39. The van der Waals surface area contributed by atoms with E-state index in [1.165, 1.54) is 0 Å². The lowest BCUT2D eigenvalue weighted by Crippen LogP contribution is -2.20. The Morgan fingerprint density at radius 2 is 2.13 bits per heavy atom. The highest BCUT2D eigenvalue weighted by atomic mass is 32.1. The van der Waals surface area contributed by atoms with Crippen molar-refractivity contribution in [1.82, 2.24) is 4.98 Å². The summed E-state index contributed by atoms with van der Waals surface area (Å²) >= 11 is 1.16. The molecule has 5 nitrogen and oxygen atoms in total. The number of carbonyl (C=O) groups is 2. The molecule has 0 saturated carbocycles. The molecule has 0 spiro atoms. The summed E-state index contributed by atoms with van der Waals surface area (Å²) in [7, 11) is 0. The molecule has 1 aromatic carbocycles. The number of hydrogen-bond acceptors (Lipinski definition) is 6. The van der Waals surface area contributed by atoms with Crippen LogP contribution in [0.5, 0.6) is 0 Å². The zero-order valence-electron chi connectivity index (χ0n) is 11.9. The van der Waals surface area contributed by atoms with E-state index in [2.05, 4.69) is 4.98 Å². The predicted octanol–water partition coefficient (Wildman–Crippen LogP) is 2.76. The van der Waals surface area contributed by atoms with Gasteiger partial charge in [0.05, 0.1) is 11.6 Å². The van der Waals surface area contributed by atoms with Crippen molar-refractivity contribution in [3.05, 3.63) is 51.5 Å². The summed E-state index contributed by atoms with van der Waals surface area (Å²) in [6.45, 7) is 1.07. The Balaban J connectivity index is 2.01. The van der Waals surface area contributed by atoms with E-state index in [-0.39, 0.29) is 5.56 Å². The minimum absolute atomic E-state index is 0.227. The first-order valence-corrected chi connectivity index (χ1v) is 7.27. The Kier molecular flexibility index (Phi) is 5.13. The molecule has 2 aromatic rings. The molecule has 0 N–H and O–H groups in total. The van der Waals surface area contributed by atoms with Gasteiger partial charge in [-0.3, -0.25) is 4.79 Å². The summed E-state index contributed by atoms with van der Waals surface area (Å²) in [5.74, 6) is -5.05. The molecule has 8 heteroatoms. The van der Waals surface area contributed by atoms with Gasteiger partial charge in [-0.1, -0.05) is 0 Å². The number of esters is 1. The predicted molar refractivity (Wildman–Crippen MR) is 76.9 cm³/mol. The van der Waals surface area contributed by atoms with E-state index in [9.17, 15) is 18.4 Å². The van der Waals surface area contributed by atoms with Crippen LogP contribution < -0.4 is 0 Å². The molecule has 0 saturated heterocycles. The summed E-state index contributed by atoms with van der Waals surface area (Å²) in [5, 5.41) is 11.1. The third kappa shape index (κ3) is 3.96. The van der Waals surface area contributed by atoms with E-state index in [4.69, 9.17) is 10.00 Å². The van der Waals surface area contributed by atoms with Crippen LogP contribution in [0.4, 0.5) is 8.78 Å². The maximum atomic E-state index is 13.0. The fraction of sp³-hybridized carbons (Fsp3) is 0.200. The van der Waals surface area contributed by atoms with Gasteiger partial charge < -0.3 is 4.74 Å². The number of ether oxygens (including phenoxy) is 1. The largest absolute Gasteiger partial charge is 0.454 e. The minimum Gasteiger partial charge on any atom is -0.454 e. The molecule has 2 rings (SSSR count). The first kappa shape index (κ1) is 16.7. The number of carbonyl (C=O) groups excluding carboxylic acids is 2. The van der Waals surface area contributed by atoms with Crippen molar-refractivity contribution in [2.24, 2.45) is 0 Å². The van der Waals surface area contributed by atoms with E-state index < -0.39 is 35.9 Å². The number of benzene rings is 1. The van der Waals surface area contributed by atoms with Gasteiger partial charge in [0.2, 0.25) is 0 Å². The van der Waals surface area contributed by atoms with Crippen molar-refractivity contribution < 1.29 is 23.1 Å². The summed E-state index contributed by atoms with van der Waals surface area (Å²) in [5.41, 5.74) is 0.451. The van der Waals surface area contributed by atoms with Crippen LogP contribution in [-0.2, 0) is 9.53 Å². The summed E-state index contributed by atoms with van der Waals surface area (Å²) in [6.07, 6.45) is 0. The number of rotatable bonds is 5. The Bertz CT molecular complexity index is 798. The maximum absolute atomic E-state index is 13.0. The van der Waals surface area contributed by atoms with Gasteiger partial charge in [0, 0.05) is 11.1 Å². The van der Waals surface area contributed by atoms with Gasteiger partial charge in [0.1, 0.15) is 5.01 Å². The van der Waals surface area contributed by atoms with Crippen molar-refractivity contribution in [2.45, 2.75) is 12.8 Å². The highest BCUT2D eigenvalue weighted by Crippen LogP contribution is 2.21. The standard InChI is InChI=1S/C15H10F2N2O3S/c1-8-7-23-14(19-8)10(5-18)13(20)6-22-15(21)9-2-3-11(16)12(17)4-9/h2-4,7,10H,6H2,1H3/t10-/m0/s1. The van der Waals surface area contributed by atoms with E-state index in [1.54, 1.807) is 12.3 Å². The summed E-state index contributed by atoms with van der Waals surface area (Å²) < 4.78 is 30.6. The number of nitrogens with zero attached hydrogens (tertiary/aromatic N) is 2. The Labute approximate surface area is 134 Å². The lowest BCUT2D eigenvalue weighted by Gasteiger charge is -2.07. The van der Waals surface area contributed by atoms with Crippen LogP contribution in [0.25, 0.3) is 0 Å². The number of aromatic nitrogens is 1. The second kappa shape index (κ2) is 7.07. The average Bonchev–Trinajstić information content (AvgIpc) is 2.94. The van der Waals surface area contributed by atoms with Gasteiger partial charge in [-0.15, -0.1) is 11.3 Å². The molecule has 23 heavy (non-hydrogen) atoms. The van der Waals surface area contributed by atoms with Gasteiger partial charge in [-0.05, 0) is 25.1 Å². The average molecular weight is 336 g/mol. The molecule has 0 aliphatic rings. The Morgan fingerprint density at radius 1 is 1.39 bits per heavy atom. The van der Waals surface area contributed by atoms with Crippen LogP contribution in [0.2, 0.25) is 0 Å². The molecule has 1 heterocycles. The molecule has 0 aliphatic carbocycles. The number of halogens is 2. The molecule has 0 unspecified atom stereocenters. The van der Waals surface area contributed by atoms with E-state index >= 15 is 0 Å². The summed E-state index contributed by atoms with van der Waals surface area (Å²) in [4.78, 5) is 27.7. The second-order valence-corrected chi connectivity index (χ2v) is 5.45. The molecule has 0 amide bonds. The van der Waals surface area contributed by atoms with Gasteiger partial charge >= 0.3 is 5.97 Å². The number of ketones is 1. The topological polar surface area (TPSA) is 80.0 Å². The van der Waals surface area contributed by atoms with E-state index in [0.717, 1.165) is 23.5 Å². The Morgan fingerprint density at radius 3 is 2.70 bits per heavy atom. The van der Waals surface area contributed by atoms with E-state index in [1.807, 2.05) is 6.07 Å². The lowest BCUT2D eigenvalue weighted by molar-refractivity contribution is -0.122. The monoisotopic (exact) mass is 336 g/mol. The van der Waals surface area contributed by atoms with E-state index in [0.29, 0.717) is 16.8 Å². The van der Waals surface area contributed by atoms with Crippen molar-refractivity contribution in [3.8, 4) is 6.07 Å². The van der Waals surface area contributed by atoms with Crippen LogP contribution in [0.15, 0.2) is 23.6 Å². The molecular formula is C15H10F2N2O3S. The zero-order chi connectivity index (χ0) is 17.0. The molecule has 0 fully saturated rings. The number of hydrogen-bond donors (Lipinski definition) is 0. The van der Waals surface area contributed by atoms with Crippen LogP contribution in [0.3, 0.4) is 0 Å². The first-order chi connectivity index (χ1) is 10.9. The fourth-order valence-corrected chi connectivity index (χ4v) is 2.56. The molecule has 1 atom stereocenters. The molecule has 118 valence electrons. The Hall–Kier alpha value is -2.66. The third-order valence-corrected chi connectivity index (χ3v) is 3.86. The quantitative estimate of drug-likeness (QED) is 0.784. The second-order valence-electron chi connectivity index (χ2n) is 4.56. The number of thiazole rings is 1. The molecule has 0 radical (unpaired) electrons.